The standard InChI is InChI=1S/C8H17BN2O3/c1-13-8(12)7(10)5-3-2-4-6-14-9-11/h7,11H,2-6,10H2,1H3/t7-/m0/s1. The van der Waals surface area contributed by atoms with E-state index in [1.807, 2.05) is 0 Å². The zero-order chi connectivity index (χ0) is 10.8. The van der Waals surface area contributed by atoms with Crippen molar-refractivity contribution in [2.24, 2.45) is 5.73 Å². The summed E-state index contributed by atoms with van der Waals surface area (Å²) >= 11 is 0. The number of ether oxygens (including phenoxy) is 1. The van der Waals surface area contributed by atoms with Crippen LogP contribution in [0.3, 0.4) is 0 Å². The fraction of sp³-hybridized carbons (Fsp3) is 0.875. The van der Waals surface area contributed by atoms with E-state index in [0.29, 0.717) is 13.0 Å². The molecule has 0 aromatic heterocycles. The van der Waals surface area contributed by atoms with Crippen LogP contribution in [0.1, 0.15) is 25.7 Å². The van der Waals surface area contributed by atoms with Gasteiger partial charge in [0.15, 0.2) is 0 Å². The zero-order valence-electron chi connectivity index (χ0n) is 8.49. The molecule has 14 heavy (non-hydrogen) atoms. The van der Waals surface area contributed by atoms with Crippen LogP contribution in [0.5, 0.6) is 0 Å². The second-order valence-electron chi connectivity index (χ2n) is 2.97. The fourth-order valence-electron chi connectivity index (χ4n) is 1.05. The van der Waals surface area contributed by atoms with E-state index in [9.17, 15) is 4.79 Å². The second-order valence-corrected chi connectivity index (χ2v) is 2.97. The van der Waals surface area contributed by atoms with Gasteiger partial charge in [0.2, 0.25) is 0 Å². The van der Waals surface area contributed by atoms with Gasteiger partial charge in [-0.05, 0) is 0 Å². The number of nitrogens with two attached hydrogens (primary N) is 1. The van der Waals surface area contributed by atoms with Gasteiger partial charge >= 0.3 is 83.9 Å². The van der Waals surface area contributed by atoms with Crippen LogP contribution in [0.15, 0.2) is 0 Å². The Morgan fingerprint density at radius 2 is 2.21 bits per heavy atom. The quantitative estimate of drug-likeness (QED) is 0.338. The van der Waals surface area contributed by atoms with Gasteiger partial charge in [0.05, 0.1) is 0 Å². The van der Waals surface area contributed by atoms with Crippen molar-refractivity contribution in [1.29, 1.82) is 5.31 Å². The van der Waals surface area contributed by atoms with E-state index in [1.54, 1.807) is 0 Å². The van der Waals surface area contributed by atoms with Crippen LogP contribution in [0.4, 0.5) is 0 Å². The van der Waals surface area contributed by atoms with E-state index >= 15 is 0 Å². The average molecular weight is 200 g/mol. The molecular weight excluding hydrogens is 183 g/mol. The van der Waals surface area contributed by atoms with Crippen molar-refractivity contribution in [2.45, 2.75) is 31.7 Å². The maximum atomic E-state index is 10.9. The Labute approximate surface area is 84.7 Å². The van der Waals surface area contributed by atoms with E-state index in [2.05, 4.69) is 4.74 Å². The molecule has 5 nitrogen and oxygen atoms in total. The number of hydrogen-bond acceptors (Lipinski definition) is 5. The van der Waals surface area contributed by atoms with Gasteiger partial charge in [-0.3, -0.25) is 0 Å². The van der Waals surface area contributed by atoms with E-state index < -0.39 is 6.04 Å². The molecule has 1 atom stereocenters. The fourth-order valence-corrected chi connectivity index (χ4v) is 1.05. The number of hydrogen-bond donors (Lipinski definition) is 2. The summed E-state index contributed by atoms with van der Waals surface area (Å²) in [6, 6.07) is -0.511. The molecule has 6 heteroatoms. The van der Waals surface area contributed by atoms with Crippen LogP contribution in [-0.2, 0) is 14.2 Å². The summed E-state index contributed by atoms with van der Waals surface area (Å²) in [4.78, 5) is 10.9. The third-order valence-corrected chi connectivity index (χ3v) is 1.86. The topological polar surface area (TPSA) is 85.4 Å². The van der Waals surface area contributed by atoms with Gasteiger partial charge in [-0.25, -0.2) is 0 Å². The van der Waals surface area contributed by atoms with Gasteiger partial charge in [-0.1, -0.05) is 0 Å². The number of methoxy groups -OCH3 is 1. The van der Waals surface area contributed by atoms with Crippen molar-refractivity contribution in [2.75, 3.05) is 13.7 Å². The molecule has 0 saturated heterocycles. The Hall–Kier alpha value is -0.905. The molecule has 0 aromatic carbocycles. The number of nitrogens with one attached hydrogen (secondary N) is 1. The Bertz CT molecular complexity index is 178. The summed E-state index contributed by atoms with van der Waals surface area (Å²) in [5.41, 5.74) is 5.53. The third-order valence-electron chi connectivity index (χ3n) is 1.86. The van der Waals surface area contributed by atoms with Crippen molar-refractivity contribution < 1.29 is 14.2 Å². The average Bonchev–Trinajstić information content (AvgIpc) is 2.21. The normalized spacial score (nSPS) is 11.6. The first-order valence-corrected chi connectivity index (χ1v) is 4.66. The summed E-state index contributed by atoms with van der Waals surface area (Å²) in [6.07, 6.45) is 3.33. The maximum absolute atomic E-state index is 10.9. The number of esters is 1. The van der Waals surface area contributed by atoms with Crippen LogP contribution >= 0.6 is 0 Å². The van der Waals surface area contributed by atoms with Crippen molar-refractivity contribution in [3.05, 3.63) is 0 Å². The molecule has 0 aromatic rings. The van der Waals surface area contributed by atoms with Crippen molar-refractivity contribution in [3.63, 3.8) is 0 Å². The Kier molecular flexibility index (Phi) is 8.12. The van der Waals surface area contributed by atoms with Crippen LogP contribution in [0, 0.1) is 5.31 Å². The van der Waals surface area contributed by atoms with Crippen LogP contribution in [-0.4, -0.2) is 33.0 Å². The minimum atomic E-state index is -0.511. The molecule has 0 rings (SSSR count). The van der Waals surface area contributed by atoms with Gasteiger partial charge in [0, 0.05) is 0 Å². The monoisotopic (exact) mass is 200 g/mol. The summed E-state index contributed by atoms with van der Waals surface area (Å²) < 4.78 is 9.22. The summed E-state index contributed by atoms with van der Waals surface area (Å²) in [5, 5.41) is 6.60. The number of carbonyl (C=O) groups excluding carboxylic acids is 1. The van der Waals surface area contributed by atoms with Crippen LogP contribution in [0.25, 0.3) is 0 Å². The second kappa shape index (κ2) is 8.68. The molecule has 0 bridgehead atoms. The number of rotatable bonds is 8. The van der Waals surface area contributed by atoms with E-state index in [1.165, 1.54) is 7.11 Å². The Morgan fingerprint density at radius 1 is 1.50 bits per heavy atom. The first-order chi connectivity index (χ1) is 6.72. The predicted molar refractivity (Wildman–Crippen MR) is 52.9 cm³/mol. The zero-order valence-corrected chi connectivity index (χ0v) is 8.49. The van der Waals surface area contributed by atoms with Gasteiger partial charge < -0.3 is 0 Å². The molecule has 0 heterocycles. The molecule has 0 radical (unpaired) electrons. The molecule has 0 unspecified atom stereocenters. The molecule has 80 valence electrons. The molecule has 3 N–H and O–H groups in total. The molecule has 0 amide bonds. The van der Waals surface area contributed by atoms with Gasteiger partial charge in [0.25, 0.3) is 0 Å². The molecule has 0 aliphatic carbocycles. The van der Waals surface area contributed by atoms with Gasteiger partial charge in [-0.2, -0.15) is 0 Å². The van der Waals surface area contributed by atoms with Gasteiger partial charge in [0.1, 0.15) is 0 Å². The van der Waals surface area contributed by atoms with Gasteiger partial charge in [-0.15, -0.1) is 0 Å². The molecule has 0 aliphatic heterocycles. The summed E-state index contributed by atoms with van der Waals surface area (Å²) in [6.45, 7) is 0.553. The molecule has 0 fully saturated rings. The SMILES string of the molecule is COC(=O)[C@@H](N)CCCCCOB=N. The first kappa shape index (κ1) is 13.1. The van der Waals surface area contributed by atoms with E-state index in [0.717, 1.165) is 26.5 Å². The van der Waals surface area contributed by atoms with E-state index in [-0.39, 0.29) is 5.97 Å². The van der Waals surface area contributed by atoms with Crippen molar-refractivity contribution in [3.8, 4) is 0 Å². The minimum absolute atomic E-state index is 0.360. The Morgan fingerprint density at radius 3 is 2.79 bits per heavy atom. The van der Waals surface area contributed by atoms with Crippen molar-refractivity contribution >= 4 is 13.2 Å². The predicted octanol–water partition coefficient (Wildman–Crippen LogP) is 0.445. The molecule has 0 aliphatic rings. The third kappa shape index (κ3) is 6.59. The first-order valence-electron chi connectivity index (χ1n) is 4.66. The van der Waals surface area contributed by atoms with Crippen molar-refractivity contribution in [1.82, 2.24) is 0 Å². The molecule has 0 saturated carbocycles. The molecular formula is C8H17BN2O3. The Balaban J connectivity index is 3.27. The summed E-state index contributed by atoms with van der Waals surface area (Å²) in [5.74, 6) is -0.360. The van der Waals surface area contributed by atoms with E-state index in [4.69, 9.17) is 15.7 Å². The number of carbonyl (C=O) groups is 1. The summed E-state index contributed by atoms with van der Waals surface area (Å²) in [7, 11) is 2.26. The van der Waals surface area contributed by atoms with Crippen LogP contribution in [0.2, 0.25) is 0 Å². The number of unbranched alkanes of at least 4 members (excludes halogenated alkanes) is 2. The van der Waals surface area contributed by atoms with Crippen LogP contribution < -0.4 is 5.73 Å². The molecule has 0 spiro atoms.